The van der Waals surface area contributed by atoms with Gasteiger partial charge in [0.2, 0.25) is 17.7 Å². The SMILES string of the molecule is CC(=O)NCC(=O)N[C@H]1CCCN(C(C)=O)[C@H]1Cc1ccc(F)cc1. The second-order valence-corrected chi connectivity index (χ2v) is 6.34. The van der Waals surface area contributed by atoms with Gasteiger partial charge in [-0.05, 0) is 37.0 Å². The molecule has 1 aromatic carbocycles. The molecule has 0 aliphatic carbocycles. The lowest BCUT2D eigenvalue weighted by Gasteiger charge is -2.41. The van der Waals surface area contributed by atoms with Crippen molar-refractivity contribution in [2.24, 2.45) is 0 Å². The number of piperidine rings is 1. The molecule has 0 radical (unpaired) electrons. The molecule has 0 bridgehead atoms. The third-order valence-corrected chi connectivity index (χ3v) is 4.39. The van der Waals surface area contributed by atoms with Gasteiger partial charge in [0, 0.05) is 26.4 Å². The van der Waals surface area contributed by atoms with E-state index in [0.717, 1.165) is 18.4 Å². The van der Waals surface area contributed by atoms with Crippen LogP contribution in [0.2, 0.25) is 0 Å². The van der Waals surface area contributed by atoms with Crippen LogP contribution in [0.3, 0.4) is 0 Å². The van der Waals surface area contributed by atoms with Crippen molar-refractivity contribution in [3.8, 4) is 0 Å². The van der Waals surface area contributed by atoms with E-state index in [4.69, 9.17) is 0 Å². The summed E-state index contributed by atoms with van der Waals surface area (Å²) in [6.07, 6.45) is 2.08. The van der Waals surface area contributed by atoms with E-state index in [2.05, 4.69) is 10.6 Å². The van der Waals surface area contributed by atoms with Crippen LogP contribution in [0.5, 0.6) is 0 Å². The summed E-state index contributed by atoms with van der Waals surface area (Å²) in [5, 5.41) is 5.39. The number of carbonyl (C=O) groups excluding carboxylic acids is 3. The molecule has 3 amide bonds. The summed E-state index contributed by atoms with van der Waals surface area (Å²) < 4.78 is 13.1. The van der Waals surface area contributed by atoms with E-state index in [9.17, 15) is 18.8 Å². The van der Waals surface area contributed by atoms with Crippen LogP contribution in [0, 0.1) is 5.82 Å². The molecule has 0 unspecified atom stereocenters. The van der Waals surface area contributed by atoms with Gasteiger partial charge in [-0.3, -0.25) is 14.4 Å². The highest BCUT2D eigenvalue weighted by atomic mass is 19.1. The minimum atomic E-state index is -0.309. The fraction of sp³-hybridized carbons (Fsp3) is 0.500. The molecule has 1 aliphatic rings. The normalized spacial score (nSPS) is 20.0. The first-order valence-electron chi connectivity index (χ1n) is 8.42. The second kappa shape index (κ2) is 8.60. The standard InChI is InChI=1S/C18H24FN3O3/c1-12(23)20-11-18(25)21-16-4-3-9-22(13(2)24)17(16)10-14-5-7-15(19)8-6-14/h5-8,16-17H,3-4,9-11H2,1-2H3,(H,20,23)(H,21,25)/t16-,17-/m0/s1. The molecule has 25 heavy (non-hydrogen) atoms. The Morgan fingerprint density at radius 2 is 1.88 bits per heavy atom. The third-order valence-electron chi connectivity index (χ3n) is 4.39. The van der Waals surface area contributed by atoms with Crippen LogP contribution in [0.4, 0.5) is 4.39 Å². The van der Waals surface area contributed by atoms with Crippen LogP contribution in [-0.4, -0.2) is 47.8 Å². The van der Waals surface area contributed by atoms with Crippen molar-refractivity contribution in [2.45, 2.75) is 45.2 Å². The van der Waals surface area contributed by atoms with E-state index < -0.39 is 0 Å². The third kappa shape index (κ3) is 5.55. The summed E-state index contributed by atoms with van der Waals surface area (Å²) in [7, 11) is 0. The van der Waals surface area contributed by atoms with Gasteiger partial charge in [-0.25, -0.2) is 4.39 Å². The van der Waals surface area contributed by atoms with Crippen LogP contribution in [0.25, 0.3) is 0 Å². The predicted molar refractivity (Wildman–Crippen MR) is 91.1 cm³/mol. The summed E-state index contributed by atoms with van der Waals surface area (Å²) in [5.41, 5.74) is 0.903. The lowest BCUT2D eigenvalue weighted by Crippen LogP contribution is -2.58. The number of likely N-dealkylation sites (tertiary alicyclic amines) is 1. The second-order valence-electron chi connectivity index (χ2n) is 6.34. The summed E-state index contributed by atoms with van der Waals surface area (Å²) in [6, 6.07) is 5.76. The van der Waals surface area contributed by atoms with Gasteiger partial charge in [0.25, 0.3) is 0 Å². The number of rotatable bonds is 5. The molecule has 2 rings (SSSR count). The number of nitrogens with zero attached hydrogens (tertiary/aromatic N) is 1. The smallest absolute Gasteiger partial charge is 0.239 e. The molecule has 1 saturated heterocycles. The van der Waals surface area contributed by atoms with E-state index in [1.54, 1.807) is 17.0 Å². The maximum absolute atomic E-state index is 13.1. The first-order chi connectivity index (χ1) is 11.9. The van der Waals surface area contributed by atoms with Gasteiger partial charge in [-0.2, -0.15) is 0 Å². The van der Waals surface area contributed by atoms with Crippen LogP contribution >= 0.6 is 0 Å². The summed E-state index contributed by atoms with van der Waals surface area (Å²) in [6.45, 7) is 3.41. The van der Waals surface area contributed by atoms with Gasteiger partial charge in [-0.15, -0.1) is 0 Å². The van der Waals surface area contributed by atoms with Gasteiger partial charge in [0.05, 0.1) is 12.6 Å². The van der Waals surface area contributed by atoms with Gasteiger partial charge >= 0.3 is 0 Å². The number of halogens is 1. The topological polar surface area (TPSA) is 78.5 Å². The number of carbonyl (C=O) groups is 3. The number of hydrogen-bond donors (Lipinski definition) is 2. The molecular formula is C18H24FN3O3. The van der Waals surface area contributed by atoms with Crippen LogP contribution in [0.1, 0.15) is 32.3 Å². The lowest BCUT2D eigenvalue weighted by atomic mass is 9.90. The highest BCUT2D eigenvalue weighted by Gasteiger charge is 2.33. The molecule has 2 N–H and O–H groups in total. The largest absolute Gasteiger partial charge is 0.350 e. The molecule has 0 saturated carbocycles. The van der Waals surface area contributed by atoms with Crippen molar-refractivity contribution in [1.29, 1.82) is 0 Å². The first kappa shape index (κ1) is 18.9. The number of benzene rings is 1. The zero-order chi connectivity index (χ0) is 18.4. The fourth-order valence-electron chi connectivity index (χ4n) is 3.19. The quantitative estimate of drug-likeness (QED) is 0.832. The Bertz CT molecular complexity index is 633. The maximum atomic E-state index is 13.1. The average molecular weight is 349 g/mol. The Morgan fingerprint density at radius 3 is 2.48 bits per heavy atom. The Kier molecular flexibility index (Phi) is 6.50. The molecule has 7 heteroatoms. The zero-order valence-electron chi connectivity index (χ0n) is 14.5. The van der Waals surface area contributed by atoms with Gasteiger partial charge in [0.1, 0.15) is 5.82 Å². The molecule has 2 atom stereocenters. The summed E-state index contributed by atoms with van der Waals surface area (Å²) >= 11 is 0. The molecule has 1 aliphatic heterocycles. The Morgan fingerprint density at radius 1 is 1.20 bits per heavy atom. The lowest BCUT2D eigenvalue weighted by molar-refractivity contribution is -0.134. The Balaban J connectivity index is 2.11. The number of hydrogen-bond acceptors (Lipinski definition) is 3. The Hall–Kier alpha value is -2.44. The molecule has 0 spiro atoms. The van der Waals surface area contributed by atoms with E-state index in [1.165, 1.54) is 26.0 Å². The summed E-state index contributed by atoms with van der Waals surface area (Å²) in [5.74, 6) is -0.911. The number of amides is 3. The van der Waals surface area contributed by atoms with Crippen molar-refractivity contribution in [3.63, 3.8) is 0 Å². The van der Waals surface area contributed by atoms with E-state index in [0.29, 0.717) is 13.0 Å². The molecule has 1 heterocycles. The predicted octanol–water partition coefficient (Wildman–Crippen LogP) is 1.00. The fourth-order valence-corrected chi connectivity index (χ4v) is 3.19. The highest BCUT2D eigenvalue weighted by Crippen LogP contribution is 2.22. The van der Waals surface area contributed by atoms with E-state index in [1.807, 2.05) is 0 Å². The maximum Gasteiger partial charge on any atom is 0.239 e. The zero-order valence-corrected chi connectivity index (χ0v) is 14.5. The highest BCUT2D eigenvalue weighted by molar-refractivity contribution is 5.84. The van der Waals surface area contributed by atoms with Crippen molar-refractivity contribution in [3.05, 3.63) is 35.6 Å². The summed E-state index contributed by atoms with van der Waals surface area (Å²) in [4.78, 5) is 36.8. The van der Waals surface area contributed by atoms with Crippen molar-refractivity contribution in [2.75, 3.05) is 13.1 Å². The van der Waals surface area contributed by atoms with Crippen LogP contribution in [-0.2, 0) is 20.8 Å². The first-order valence-corrected chi connectivity index (χ1v) is 8.42. The molecule has 6 nitrogen and oxygen atoms in total. The molecular weight excluding hydrogens is 325 g/mol. The Labute approximate surface area is 146 Å². The molecule has 136 valence electrons. The van der Waals surface area contributed by atoms with Gasteiger partial charge < -0.3 is 15.5 Å². The minimum absolute atomic E-state index is 0.0482. The van der Waals surface area contributed by atoms with Crippen LogP contribution in [0.15, 0.2) is 24.3 Å². The molecule has 0 aromatic heterocycles. The van der Waals surface area contributed by atoms with Crippen LogP contribution < -0.4 is 10.6 Å². The molecule has 1 aromatic rings. The van der Waals surface area contributed by atoms with Crippen molar-refractivity contribution in [1.82, 2.24) is 15.5 Å². The van der Waals surface area contributed by atoms with Crippen molar-refractivity contribution >= 4 is 17.7 Å². The van der Waals surface area contributed by atoms with E-state index in [-0.39, 0.29) is 42.2 Å². The monoisotopic (exact) mass is 349 g/mol. The average Bonchev–Trinajstić information content (AvgIpc) is 2.56. The minimum Gasteiger partial charge on any atom is -0.350 e. The van der Waals surface area contributed by atoms with Gasteiger partial charge in [0.15, 0.2) is 0 Å². The van der Waals surface area contributed by atoms with Crippen molar-refractivity contribution < 1.29 is 18.8 Å². The van der Waals surface area contributed by atoms with E-state index >= 15 is 0 Å². The molecule has 1 fully saturated rings. The number of nitrogens with one attached hydrogen (secondary N) is 2. The van der Waals surface area contributed by atoms with Gasteiger partial charge in [-0.1, -0.05) is 12.1 Å².